The second-order valence-electron chi connectivity index (χ2n) is 5.70. The second-order valence-corrected chi connectivity index (χ2v) is 6.14. The smallest absolute Gasteiger partial charge is 0.350 e. The molecule has 1 aromatic carbocycles. The van der Waals surface area contributed by atoms with E-state index in [-0.39, 0.29) is 42.6 Å². The molecule has 1 aliphatic rings. The van der Waals surface area contributed by atoms with Crippen LogP contribution in [0.1, 0.15) is 17.4 Å². The van der Waals surface area contributed by atoms with E-state index in [0.717, 1.165) is 4.68 Å². The normalized spacial score (nSPS) is 26.9. The minimum atomic E-state index is -2.98. The van der Waals surface area contributed by atoms with Gasteiger partial charge in [0.15, 0.2) is 5.65 Å². The van der Waals surface area contributed by atoms with Crippen LogP contribution < -0.4 is 10.6 Å². The van der Waals surface area contributed by atoms with Crippen LogP contribution in [0.25, 0.3) is 5.65 Å². The third-order valence-electron chi connectivity index (χ3n) is 3.90. The van der Waals surface area contributed by atoms with Gasteiger partial charge in [0.25, 0.3) is 0 Å². The fourth-order valence-electron chi connectivity index (χ4n) is 2.63. The van der Waals surface area contributed by atoms with Crippen molar-refractivity contribution in [1.82, 2.24) is 19.1 Å². The molecule has 4 rings (SSSR count). The molecule has 0 unspecified atom stereocenters. The number of rotatable bonds is 5. The van der Waals surface area contributed by atoms with Crippen LogP contribution in [-0.4, -0.2) is 51.6 Å². The average Bonchev–Trinajstić information content (AvgIpc) is 3.05. The summed E-state index contributed by atoms with van der Waals surface area (Å²) in [6.07, 6.45) is 1.57. The molecule has 0 aliphatic carbocycles. The molecular weight excluding hydrogens is 385 g/mol. The quantitative estimate of drug-likeness (QED) is 0.642. The minimum Gasteiger partial charge on any atom is -0.369 e. The van der Waals surface area contributed by atoms with Gasteiger partial charge in [0, 0.05) is 61.5 Å². The molecule has 0 spiro atoms. The van der Waals surface area contributed by atoms with E-state index < -0.39 is 31.7 Å². The van der Waals surface area contributed by atoms with Crippen LogP contribution in [0.4, 0.5) is 5.69 Å². The number of hydrogen-bond donors (Lipinski definition) is 0. The van der Waals surface area contributed by atoms with Crippen molar-refractivity contribution in [2.75, 3.05) is 37.4 Å². The maximum Gasteiger partial charge on any atom is 0.350 e. The minimum absolute atomic E-state index is 0. The van der Waals surface area contributed by atoms with Crippen molar-refractivity contribution in [2.45, 2.75) is 13.0 Å². The van der Waals surface area contributed by atoms with Gasteiger partial charge in [-0.15, -0.1) is 17.5 Å². The van der Waals surface area contributed by atoms with Gasteiger partial charge in [0.2, 0.25) is 0 Å². The molecule has 0 bridgehead atoms. The Morgan fingerprint density at radius 1 is 1.07 bits per heavy atom. The van der Waals surface area contributed by atoms with Gasteiger partial charge in [-0.3, -0.25) is 9.30 Å². The first-order valence-electron chi connectivity index (χ1n) is 12.1. The van der Waals surface area contributed by atoms with Gasteiger partial charge < -0.3 is 4.90 Å². The van der Waals surface area contributed by atoms with Crippen LogP contribution >= 0.6 is 24.0 Å². The Kier molecular flexibility index (Phi) is 3.82. The van der Waals surface area contributed by atoms with Crippen molar-refractivity contribution in [3.05, 3.63) is 64.2 Å². The zero-order chi connectivity index (χ0) is 25.1. The number of pyridine rings is 1. The molecule has 3 aromatic rings. The van der Waals surface area contributed by atoms with Crippen molar-refractivity contribution in [1.29, 1.82) is 0 Å². The molecule has 0 atom stereocenters. The maximum absolute atomic E-state index is 12.5. The fraction of sp³-hybridized carbons (Fsp3) is 0.368. The maximum atomic E-state index is 12.5. The van der Waals surface area contributed by atoms with E-state index in [1.165, 1.54) is 28.7 Å². The summed E-state index contributed by atoms with van der Waals surface area (Å²) in [4.78, 5) is 13.5. The van der Waals surface area contributed by atoms with Crippen molar-refractivity contribution in [3.8, 4) is 0 Å². The molecule has 1 aliphatic heterocycles. The summed E-state index contributed by atoms with van der Waals surface area (Å²) in [6.45, 7) is -12.2. The first-order valence-corrected chi connectivity index (χ1v) is 8.48. The van der Waals surface area contributed by atoms with Gasteiger partial charge in [-0.2, -0.15) is 0 Å². The number of halogens is 2. The highest BCUT2D eigenvalue weighted by Crippen LogP contribution is 2.20. The number of piperazine rings is 1. The zero-order valence-corrected chi connectivity index (χ0v) is 15.7. The van der Waals surface area contributed by atoms with Crippen LogP contribution in [0.2, 0.25) is 5.02 Å². The summed E-state index contributed by atoms with van der Waals surface area (Å²) < 4.78 is 70.6. The van der Waals surface area contributed by atoms with Gasteiger partial charge in [-0.05, 0) is 36.8 Å². The molecule has 2 aromatic heterocycles. The molecule has 1 saturated heterocycles. The largest absolute Gasteiger partial charge is 0.369 e. The van der Waals surface area contributed by atoms with E-state index in [4.69, 9.17) is 22.6 Å². The van der Waals surface area contributed by atoms with Gasteiger partial charge >= 0.3 is 5.69 Å². The summed E-state index contributed by atoms with van der Waals surface area (Å²) in [5, 5.41) is 4.35. The van der Waals surface area contributed by atoms with E-state index in [0.29, 0.717) is 15.4 Å². The third-order valence-corrected chi connectivity index (χ3v) is 4.14. The summed E-state index contributed by atoms with van der Waals surface area (Å²) >= 11 is 5.98. The number of fused-ring (bicyclic) bond motifs is 1. The van der Waals surface area contributed by atoms with E-state index >= 15 is 0 Å². The van der Waals surface area contributed by atoms with Crippen LogP contribution in [-0.2, 0) is 6.54 Å². The number of anilines is 1. The molecule has 0 amide bonds. The molecular formula is C19H23Cl2N5O. The Balaban J connectivity index is 0.00000342. The highest BCUT2D eigenvalue weighted by atomic mass is 35.5. The fourth-order valence-corrected chi connectivity index (χ4v) is 2.81. The van der Waals surface area contributed by atoms with E-state index in [1.807, 2.05) is 0 Å². The lowest BCUT2D eigenvalue weighted by molar-refractivity contribution is 0.248. The first-order chi connectivity index (χ1) is 15.7. The number of nitrogens with zero attached hydrogens (tertiary/aromatic N) is 5. The Hall–Kier alpha value is -2.02. The van der Waals surface area contributed by atoms with E-state index in [2.05, 4.69) is 5.10 Å². The van der Waals surface area contributed by atoms with Gasteiger partial charge in [-0.1, -0.05) is 23.7 Å². The number of aromatic nitrogens is 3. The molecule has 0 N–H and O–H groups in total. The molecule has 27 heavy (non-hydrogen) atoms. The monoisotopic (exact) mass is 415 g/mol. The summed E-state index contributed by atoms with van der Waals surface area (Å²) in [7, 11) is 0. The number of aryl methyl sites for hydroxylation is 1. The van der Waals surface area contributed by atoms with Crippen molar-refractivity contribution in [3.63, 3.8) is 0 Å². The van der Waals surface area contributed by atoms with Crippen LogP contribution in [0.15, 0.2) is 53.5 Å². The summed E-state index contributed by atoms with van der Waals surface area (Å²) in [5.74, 6) is 0. The standard InChI is InChI=1S/C19H22ClN5O.ClH/c20-16-5-3-6-17(15-16)23-13-11-22(12-14-23)8-4-10-25-19(26)24-9-2-1-7-18(24)21-25;/h1-3,5-7,9,15H,4,8,10-14H2;1H/i11D2,12D2,13D2,14D2;. The number of hydrogen-bond acceptors (Lipinski definition) is 4. The predicted molar refractivity (Wildman–Crippen MR) is 111 cm³/mol. The Morgan fingerprint density at radius 2 is 1.89 bits per heavy atom. The lowest BCUT2D eigenvalue weighted by Gasteiger charge is -2.36. The van der Waals surface area contributed by atoms with Gasteiger partial charge in [-0.25, -0.2) is 9.48 Å². The van der Waals surface area contributed by atoms with Gasteiger partial charge in [0.05, 0.1) is 5.48 Å². The Morgan fingerprint density at radius 3 is 2.63 bits per heavy atom. The average molecular weight is 416 g/mol. The summed E-state index contributed by atoms with van der Waals surface area (Å²) in [6, 6.07) is 10.6. The third kappa shape index (κ3) is 4.46. The molecule has 0 radical (unpaired) electrons. The molecule has 8 heteroatoms. The van der Waals surface area contributed by atoms with Crippen LogP contribution in [0.5, 0.6) is 0 Å². The second kappa shape index (κ2) is 8.78. The SMILES string of the molecule is Cl.[2H]C1([2H])N(CCCn2nc3ccccn3c2=O)C([2H])([2H])C([2H])([2H])N(c2cccc(Cl)c2)C1([2H])[2H]. The lowest BCUT2D eigenvalue weighted by Crippen LogP contribution is -2.46. The van der Waals surface area contributed by atoms with Crippen LogP contribution in [0, 0.1) is 0 Å². The molecule has 3 heterocycles. The van der Waals surface area contributed by atoms with Gasteiger partial charge in [0.1, 0.15) is 0 Å². The summed E-state index contributed by atoms with van der Waals surface area (Å²) in [5.41, 5.74) is -0.0924. The molecule has 144 valence electrons. The predicted octanol–water partition coefficient (Wildman–Crippen LogP) is 2.78. The van der Waals surface area contributed by atoms with Crippen molar-refractivity contribution < 1.29 is 11.0 Å². The number of benzene rings is 1. The van der Waals surface area contributed by atoms with Crippen LogP contribution in [0.3, 0.4) is 0 Å². The lowest BCUT2D eigenvalue weighted by atomic mass is 10.2. The van der Waals surface area contributed by atoms with Crippen molar-refractivity contribution >= 4 is 35.3 Å². The highest BCUT2D eigenvalue weighted by molar-refractivity contribution is 6.30. The Bertz CT molecular complexity index is 1250. The Labute approximate surface area is 180 Å². The van der Waals surface area contributed by atoms with E-state index in [1.54, 1.807) is 24.4 Å². The zero-order valence-electron chi connectivity index (χ0n) is 22.2. The molecule has 1 fully saturated rings. The van der Waals surface area contributed by atoms with E-state index in [9.17, 15) is 4.79 Å². The van der Waals surface area contributed by atoms with Crippen molar-refractivity contribution in [2.24, 2.45) is 0 Å². The first kappa shape index (κ1) is 11.7. The topological polar surface area (TPSA) is 45.8 Å². The molecule has 6 nitrogen and oxygen atoms in total. The molecule has 0 saturated carbocycles. The highest BCUT2D eigenvalue weighted by Gasteiger charge is 2.17.